The number of fused-ring (bicyclic) bond motifs is 3. The summed E-state index contributed by atoms with van der Waals surface area (Å²) in [4.78, 5) is 12.4. The van der Waals surface area contributed by atoms with Crippen LogP contribution in [0.1, 0.15) is 23.2 Å². The van der Waals surface area contributed by atoms with Gasteiger partial charge in [-0.15, -0.1) is 0 Å². The molecule has 7 heteroatoms. The van der Waals surface area contributed by atoms with E-state index in [-0.39, 0.29) is 11.4 Å². The fourth-order valence-electron chi connectivity index (χ4n) is 3.84. The van der Waals surface area contributed by atoms with Crippen LogP contribution in [0.15, 0.2) is 53.4 Å². The lowest BCUT2D eigenvalue weighted by Gasteiger charge is -2.20. The number of carbonyl (C=O) groups is 1. The maximum absolute atomic E-state index is 13.1. The van der Waals surface area contributed by atoms with Crippen molar-refractivity contribution in [3.05, 3.63) is 65.4 Å². The Morgan fingerprint density at radius 1 is 1.11 bits per heavy atom. The molecule has 0 atom stereocenters. The van der Waals surface area contributed by atoms with Crippen LogP contribution in [0, 0.1) is 6.92 Å². The number of aromatic nitrogens is 1. The van der Waals surface area contributed by atoms with Crippen LogP contribution < -0.4 is 5.73 Å². The van der Waals surface area contributed by atoms with E-state index in [1.54, 1.807) is 30.3 Å². The zero-order valence-corrected chi connectivity index (χ0v) is 15.9. The number of amides is 1. The Hall–Kier alpha value is -2.64. The zero-order valence-electron chi connectivity index (χ0n) is 15.1. The van der Waals surface area contributed by atoms with Crippen LogP contribution in [0.2, 0.25) is 0 Å². The van der Waals surface area contributed by atoms with Gasteiger partial charge >= 0.3 is 6.03 Å². The summed E-state index contributed by atoms with van der Waals surface area (Å²) in [6.45, 7) is 2.60. The molecule has 0 bridgehead atoms. The fraction of sp³-hybridized carbons (Fsp3) is 0.250. The van der Waals surface area contributed by atoms with E-state index >= 15 is 0 Å². The Bertz CT molecular complexity index is 1130. The van der Waals surface area contributed by atoms with Crippen molar-refractivity contribution in [2.45, 2.75) is 31.2 Å². The van der Waals surface area contributed by atoms with Gasteiger partial charge in [0.2, 0.25) is 10.0 Å². The lowest BCUT2D eigenvalue weighted by molar-refractivity contribution is 0.250. The van der Waals surface area contributed by atoms with Gasteiger partial charge in [0.1, 0.15) is 0 Å². The molecule has 0 aliphatic carbocycles. The molecule has 1 aliphatic heterocycles. The molecule has 0 saturated heterocycles. The van der Waals surface area contributed by atoms with Gasteiger partial charge in [-0.2, -0.15) is 4.31 Å². The smallest absolute Gasteiger partial charge is 0.323 e. The van der Waals surface area contributed by atoms with Gasteiger partial charge in [-0.25, -0.2) is 13.2 Å². The quantitative estimate of drug-likeness (QED) is 0.738. The second-order valence-corrected chi connectivity index (χ2v) is 8.81. The molecule has 1 aliphatic rings. The lowest BCUT2D eigenvalue weighted by Crippen LogP contribution is -2.30. The normalized spacial score (nSPS) is 15.4. The number of nitrogens with zero attached hydrogens (tertiary/aromatic N) is 2. The van der Waals surface area contributed by atoms with Gasteiger partial charge in [-0.3, -0.25) is 4.57 Å². The minimum atomic E-state index is -3.61. The van der Waals surface area contributed by atoms with Crippen molar-refractivity contribution in [2.24, 2.45) is 5.73 Å². The SMILES string of the molecule is Cc1ccc2c(c1)c1c(n2C(N)=O)CCCN(S(=O)(=O)c2ccccc2)C1. The number of aryl methyl sites for hydroxylation is 1. The molecule has 1 aromatic heterocycles. The number of hydrogen-bond acceptors (Lipinski definition) is 3. The highest BCUT2D eigenvalue weighted by atomic mass is 32.2. The third-order valence-corrected chi connectivity index (χ3v) is 6.95. The Balaban J connectivity index is 1.88. The van der Waals surface area contributed by atoms with E-state index < -0.39 is 16.1 Å². The number of rotatable bonds is 2. The van der Waals surface area contributed by atoms with E-state index in [1.165, 1.54) is 8.87 Å². The summed E-state index contributed by atoms with van der Waals surface area (Å²) in [7, 11) is -3.61. The summed E-state index contributed by atoms with van der Waals surface area (Å²) in [5.41, 5.74) is 9.10. The molecular weight excluding hydrogens is 362 g/mol. The van der Waals surface area contributed by atoms with Gasteiger partial charge in [0, 0.05) is 24.2 Å². The molecule has 2 heterocycles. The monoisotopic (exact) mass is 383 g/mol. The molecule has 0 saturated carbocycles. The summed E-state index contributed by atoms with van der Waals surface area (Å²) in [6.07, 6.45) is 1.23. The molecule has 2 aromatic carbocycles. The average Bonchev–Trinajstić information content (AvgIpc) is 2.79. The third kappa shape index (κ3) is 2.93. The van der Waals surface area contributed by atoms with Crippen molar-refractivity contribution in [2.75, 3.05) is 6.54 Å². The minimum Gasteiger partial charge on any atom is -0.351 e. The Labute approximate surface area is 158 Å². The molecule has 4 rings (SSSR count). The van der Waals surface area contributed by atoms with E-state index in [4.69, 9.17) is 5.73 Å². The lowest BCUT2D eigenvalue weighted by atomic mass is 10.1. The largest absolute Gasteiger partial charge is 0.351 e. The highest BCUT2D eigenvalue weighted by molar-refractivity contribution is 7.89. The molecule has 0 unspecified atom stereocenters. The van der Waals surface area contributed by atoms with E-state index in [1.807, 2.05) is 25.1 Å². The first-order valence-electron chi connectivity index (χ1n) is 8.87. The predicted molar refractivity (Wildman–Crippen MR) is 104 cm³/mol. The van der Waals surface area contributed by atoms with Crippen LogP contribution in [-0.4, -0.2) is 29.9 Å². The highest BCUT2D eigenvalue weighted by Crippen LogP contribution is 2.33. The van der Waals surface area contributed by atoms with Crippen molar-refractivity contribution in [3.63, 3.8) is 0 Å². The van der Waals surface area contributed by atoms with Gasteiger partial charge in [-0.05, 0) is 49.6 Å². The summed E-state index contributed by atoms with van der Waals surface area (Å²) >= 11 is 0. The second-order valence-electron chi connectivity index (χ2n) is 6.87. The van der Waals surface area contributed by atoms with Crippen molar-refractivity contribution < 1.29 is 13.2 Å². The molecule has 3 aromatic rings. The Morgan fingerprint density at radius 3 is 2.56 bits per heavy atom. The molecule has 6 nitrogen and oxygen atoms in total. The molecule has 2 N–H and O–H groups in total. The first-order chi connectivity index (χ1) is 12.9. The van der Waals surface area contributed by atoms with Crippen LogP contribution in [-0.2, 0) is 23.0 Å². The predicted octanol–water partition coefficient (Wildman–Crippen LogP) is 3.01. The summed E-state index contributed by atoms with van der Waals surface area (Å²) in [6, 6.07) is 13.7. The van der Waals surface area contributed by atoms with Gasteiger partial charge in [0.05, 0.1) is 10.4 Å². The first kappa shape index (κ1) is 17.8. The van der Waals surface area contributed by atoms with Crippen molar-refractivity contribution in [1.82, 2.24) is 8.87 Å². The maximum atomic E-state index is 13.1. The average molecular weight is 383 g/mol. The number of benzene rings is 2. The first-order valence-corrected chi connectivity index (χ1v) is 10.3. The number of primary amides is 1. The Morgan fingerprint density at radius 2 is 1.85 bits per heavy atom. The summed E-state index contributed by atoms with van der Waals surface area (Å²) in [5, 5.41) is 0.888. The van der Waals surface area contributed by atoms with Gasteiger partial charge in [-0.1, -0.05) is 29.8 Å². The Kier molecular flexibility index (Phi) is 4.28. The van der Waals surface area contributed by atoms with Crippen molar-refractivity contribution >= 4 is 27.0 Å². The van der Waals surface area contributed by atoms with Crippen LogP contribution >= 0.6 is 0 Å². The van der Waals surface area contributed by atoms with E-state index in [0.29, 0.717) is 19.4 Å². The van der Waals surface area contributed by atoms with Crippen LogP contribution in [0.3, 0.4) is 0 Å². The van der Waals surface area contributed by atoms with E-state index in [9.17, 15) is 13.2 Å². The summed E-state index contributed by atoms with van der Waals surface area (Å²) < 4.78 is 29.3. The van der Waals surface area contributed by atoms with Crippen LogP contribution in [0.5, 0.6) is 0 Å². The van der Waals surface area contributed by atoms with Crippen molar-refractivity contribution in [3.8, 4) is 0 Å². The standard InChI is InChI=1S/C20H21N3O3S/c1-14-9-10-19-16(12-14)17-13-22(11-5-8-18(17)23(19)20(21)24)27(25,26)15-6-3-2-4-7-15/h2-4,6-7,9-10,12H,5,8,11,13H2,1H3,(H2,21,24). The van der Waals surface area contributed by atoms with Crippen LogP contribution in [0.4, 0.5) is 4.79 Å². The number of hydrogen-bond donors (Lipinski definition) is 1. The molecule has 0 spiro atoms. The molecule has 1 amide bonds. The third-order valence-electron chi connectivity index (χ3n) is 5.09. The molecule has 27 heavy (non-hydrogen) atoms. The second kappa shape index (κ2) is 6.51. The fourth-order valence-corrected chi connectivity index (χ4v) is 5.31. The summed E-state index contributed by atoms with van der Waals surface area (Å²) in [5.74, 6) is 0. The zero-order chi connectivity index (χ0) is 19.2. The number of sulfonamides is 1. The molecule has 0 fully saturated rings. The molecule has 0 radical (unpaired) electrons. The number of carbonyl (C=O) groups excluding carboxylic acids is 1. The van der Waals surface area contributed by atoms with Crippen molar-refractivity contribution in [1.29, 1.82) is 0 Å². The number of nitrogens with two attached hydrogens (primary N) is 1. The highest BCUT2D eigenvalue weighted by Gasteiger charge is 2.30. The van der Waals surface area contributed by atoms with Gasteiger partial charge in [0.15, 0.2) is 0 Å². The maximum Gasteiger partial charge on any atom is 0.323 e. The van der Waals surface area contributed by atoms with Crippen LogP contribution in [0.25, 0.3) is 10.9 Å². The minimum absolute atomic E-state index is 0.229. The molecule has 140 valence electrons. The van der Waals surface area contributed by atoms with E-state index in [2.05, 4.69) is 0 Å². The molecular formula is C20H21N3O3S. The van der Waals surface area contributed by atoms with E-state index in [0.717, 1.165) is 27.7 Å². The van der Waals surface area contributed by atoms with Gasteiger partial charge in [0.25, 0.3) is 0 Å². The van der Waals surface area contributed by atoms with Gasteiger partial charge < -0.3 is 5.73 Å². The topological polar surface area (TPSA) is 85.4 Å².